The zero-order valence-corrected chi connectivity index (χ0v) is 25.4. The molecular weight excluding hydrogens is 569 g/mol. The van der Waals surface area contributed by atoms with E-state index in [1.807, 2.05) is 51.1 Å². The van der Waals surface area contributed by atoms with Gasteiger partial charge in [0.25, 0.3) is 0 Å². The molecule has 0 fully saturated rings. The summed E-state index contributed by atoms with van der Waals surface area (Å²) in [5.41, 5.74) is 2.74. The first-order valence-corrected chi connectivity index (χ1v) is 15.6. The van der Waals surface area contributed by atoms with Gasteiger partial charge in [0.05, 0.1) is 11.9 Å². The van der Waals surface area contributed by atoms with Crippen LogP contribution in [0.2, 0.25) is 10.0 Å². The standard InChI is InChI=1S/C30H35Cl2N3O4S/c1-5-22(3)33-30(37)28(17-23-9-7-6-8-10-23)34(19-24-13-14-25(31)18-27(24)32)29(36)20-35(40(4,38)39)26-15-11-21(2)12-16-26/h6-16,18,22,28H,5,17,19-20H2,1-4H3,(H,33,37)/t22-,28+/m1/s1. The number of hydrogen-bond acceptors (Lipinski definition) is 4. The molecule has 0 aliphatic rings. The molecule has 0 heterocycles. The Bertz CT molecular complexity index is 1420. The molecule has 0 spiro atoms. The highest BCUT2D eigenvalue weighted by Crippen LogP contribution is 2.25. The summed E-state index contributed by atoms with van der Waals surface area (Å²) in [6, 6.07) is 20.1. The van der Waals surface area contributed by atoms with Gasteiger partial charge in [-0.3, -0.25) is 13.9 Å². The number of halogens is 2. The third kappa shape index (κ3) is 8.71. The predicted octanol–water partition coefficient (Wildman–Crippen LogP) is 5.62. The molecule has 0 bridgehead atoms. The number of amides is 2. The topological polar surface area (TPSA) is 86.8 Å². The van der Waals surface area contributed by atoms with Crippen LogP contribution in [0.15, 0.2) is 72.8 Å². The molecule has 10 heteroatoms. The molecule has 214 valence electrons. The van der Waals surface area contributed by atoms with E-state index in [1.54, 1.807) is 42.5 Å². The lowest BCUT2D eigenvalue weighted by molar-refractivity contribution is -0.140. The van der Waals surface area contributed by atoms with Crippen molar-refractivity contribution in [1.82, 2.24) is 10.2 Å². The number of aryl methyl sites for hydroxylation is 1. The lowest BCUT2D eigenvalue weighted by Crippen LogP contribution is -2.54. The van der Waals surface area contributed by atoms with Gasteiger partial charge in [0.2, 0.25) is 21.8 Å². The summed E-state index contributed by atoms with van der Waals surface area (Å²) in [5, 5.41) is 3.77. The molecule has 7 nitrogen and oxygen atoms in total. The van der Waals surface area contributed by atoms with E-state index in [0.29, 0.717) is 27.7 Å². The normalized spacial score (nSPS) is 12.8. The smallest absolute Gasteiger partial charge is 0.244 e. The molecule has 0 aliphatic heterocycles. The average Bonchev–Trinajstić information content (AvgIpc) is 2.90. The Morgan fingerprint density at radius 1 is 0.975 bits per heavy atom. The first-order valence-electron chi connectivity index (χ1n) is 13.0. The van der Waals surface area contributed by atoms with Crippen LogP contribution in [0.3, 0.4) is 0 Å². The van der Waals surface area contributed by atoms with Crippen molar-refractivity contribution in [3.05, 3.63) is 99.5 Å². The largest absolute Gasteiger partial charge is 0.352 e. The van der Waals surface area contributed by atoms with E-state index >= 15 is 0 Å². The van der Waals surface area contributed by atoms with Gasteiger partial charge in [0.15, 0.2) is 0 Å². The summed E-state index contributed by atoms with van der Waals surface area (Å²) >= 11 is 12.6. The molecule has 2 amide bonds. The number of anilines is 1. The third-order valence-corrected chi connectivity index (χ3v) is 8.36. The molecule has 0 saturated heterocycles. The van der Waals surface area contributed by atoms with Gasteiger partial charge in [0, 0.05) is 29.1 Å². The van der Waals surface area contributed by atoms with Crippen LogP contribution in [0.4, 0.5) is 5.69 Å². The lowest BCUT2D eigenvalue weighted by atomic mass is 10.0. The maximum Gasteiger partial charge on any atom is 0.244 e. The summed E-state index contributed by atoms with van der Waals surface area (Å²) in [5.74, 6) is -0.880. The van der Waals surface area contributed by atoms with E-state index in [1.165, 1.54) is 4.90 Å². The van der Waals surface area contributed by atoms with Crippen molar-refractivity contribution in [1.29, 1.82) is 0 Å². The number of carbonyl (C=O) groups is 2. The molecular formula is C30H35Cl2N3O4S. The highest BCUT2D eigenvalue weighted by Gasteiger charge is 2.33. The monoisotopic (exact) mass is 603 g/mol. The minimum absolute atomic E-state index is 0.0221. The van der Waals surface area contributed by atoms with Crippen molar-refractivity contribution in [2.75, 3.05) is 17.1 Å². The molecule has 3 rings (SSSR count). The van der Waals surface area contributed by atoms with Gasteiger partial charge in [-0.25, -0.2) is 8.42 Å². The second kappa shape index (κ2) is 14.0. The Balaban J connectivity index is 2.08. The van der Waals surface area contributed by atoms with Gasteiger partial charge in [-0.2, -0.15) is 0 Å². The minimum Gasteiger partial charge on any atom is -0.352 e. The first-order chi connectivity index (χ1) is 18.9. The van der Waals surface area contributed by atoms with Crippen LogP contribution in [0.5, 0.6) is 0 Å². The molecule has 2 atom stereocenters. The van der Waals surface area contributed by atoms with Crippen LogP contribution in [0.1, 0.15) is 37.0 Å². The number of hydrogen-bond donors (Lipinski definition) is 1. The minimum atomic E-state index is -3.83. The van der Waals surface area contributed by atoms with Gasteiger partial charge in [-0.05, 0) is 55.7 Å². The summed E-state index contributed by atoms with van der Waals surface area (Å²) in [4.78, 5) is 29.2. The van der Waals surface area contributed by atoms with E-state index in [2.05, 4.69) is 5.32 Å². The lowest BCUT2D eigenvalue weighted by Gasteiger charge is -2.34. The number of benzene rings is 3. The fraction of sp³-hybridized carbons (Fsp3) is 0.333. The summed E-state index contributed by atoms with van der Waals surface area (Å²) in [6.07, 6.45) is 1.98. The Morgan fingerprint density at radius 3 is 2.20 bits per heavy atom. The highest BCUT2D eigenvalue weighted by molar-refractivity contribution is 7.92. The van der Waals surface area contributed by atoms with Crippen molar-refractivity contribution in [2.24, 2.45) is 0 Å². The van der Waals surface area contributed by atoms with Crippen LogP contribution in [0, 0.1) is 6.92 Å². The number of carbonyl (C=O) groups excluding carboxylic acids is 2. The van der Waals surface area contributed by atoms with E-state index in [0.717, 1.165) is 21.7 Å². The van der Waals surface area contributed by atoms with Crippen molar-refractivity contribution < 1.29 is 18.0 Å². The average molecular weight is 605 g/mol. The van der Waals surface area contributed by atoms with E-state index in [9.17, 15) is 18.0 Å². The van der Waals surface area contributed by atoms with Gasteiger partial charge in [-0.15, -0.1) is 0 Å². The SMILES string of the molecule is CC[C@@H](C)NC(=O)[C@H](Cc1ccccc1)N(Cc1ccc(Cl)cc1Cl)C(=O)CN(c1ccc(C)cc1)S(C)(=O)=O. The van der Waals surface area contributed by atoms with Crippen molar-refractivity contribution in [2.45, 2.75) is 52.2 Å². The first kappa shape index (κ1) is 31.5. The van der Waals surface area contributed by atoms with Crippen molar-refractivity contribution in [3.63, 3.8) is 0 Å². The number of sulfonamides is 1. The zero-order chi connectivity index (χ0) is 29.4. The number of nitrogens with zero attached hydrogens (tertiary/aromatic N) is 2. The Morgan fingerprint density at radius 2 is 1.62 bits per heavy atom. The van der Waals surface area contributed by atoms with E-state index < -0.39 is 28.5 Å². The molecule has 0 unspecified atom stereocenters. The van der Waals surface area contributed by atoms with Crippen molar-refractivity contribution >= 4 is 50.7 Å². The van der Waals surface area contributed by atoms with Gasteiger partial charge < -0.3 is 10.2 Å². The maximum atomic E-state index is 14.1. The molecule has 40 heavy (non-hydrogen) atoms. The zero-order valence-electron chi connectivity index (χ0n) is 23.1. The number of rotatable bonds is 12. The summed E-state index contributed by atoms with van der Waals surface area (Å²) < 4.78 is 26.7. The van der Waals surface area contributed by atoms with Crippen LogP contribution in [0.25, 0.3) is 0 Å². The Labute approximate surface area is 247 Å². The number of nitrogens with one attached hydrogen (secondary N) is 1. The summed E-state index contributed by atoms with van der Waals surface area (Å²) in [6.45, 7) is 5.23. The highest BCUT2D eigenvalue weighted by atomic mass is 35.5. The van der Waals surface area contributed by atoms with Gasteiger partial charge in [0.1, 0.15) is 12.6 Å². The van der Waals surface area contributed by atoms with Crippen LogP contribution < -0.4 is 9.62 Å². The summed E-state index contributed by atoms with van der Waals surface area (Å²) in [7, 11) is -3.83. The maximum absolute atomic E-state index is 14.1. The van der Waals surface area contributed by atoms with Crippen molar-refractivity contribution in [3.8, 4) is 0 Å². The van der Waals surface area contributed by atoms with Crippen LogP contribution in [-0.2, 0) is 32.6 Å². The molecule has 0 aliphatic carbocycles. The second-order valence-corrected chi connectivity index (χ2v) is 12.6. The molecule has 3 aromatic carbocycles. The molecule has 3 aromatic rings. The van der Waals surface area contributed by atoms with Gasteiger partial charge in [-0.1, -0.05) is 84.2 Å². The molecule has 0 saturated carbocycles. The molecule has 0 aromatic heterocycles. The van der Waals surface area contributed by atoms with E-state index in [4.69, 9.17) is 23.2 Å². The molecule has 1 N–H and O–H groups in total. The Kier molecular flexibility index (Phi) is 11.0. The van der Waals surface area contributed by atoms with Gasteiger partial charge >= 0.3 is 0 Å². The molecule has 0 radical (unpaired) electrons. The fourth-order valence-corrected chi connectivity index (χ4v) is 5.47. The quantitative estimate of drug-likeness (QED) is 0.291. The Hall–Kier alpha value is -3.07. The predicted molar refractivity (Wildman–Crippen MR) is 162 cm³/mol. The third-order valence-electron chi connectivity index (χ3n) is 6.63. The van der Waals surface area contributed by atoms with Crippen LogP contribution in [-0.4, -0.2) is 50.0 Å². The van der Waals surface area contributed by atoms with Crippen LogP contribution >= 0.6 is 23.2 Å². The second-order valence-electron chi connectivity index (χ2n) is 9.89. The van der Waals surface area contributed by atoms with E-state index in [-0.39, 0.29) is 24.9 Å². The fourth-order valence-electron chi connectivity index (χ4n) is 4.15.